The zero-order valence-corrected chi connectivity index (χ0v) is 21.5. The molecule has 0 bridgehead atoms. The van der Waals surface area contributed by atoms with E-state index < -0.39 is 54.0 Å². The molecule has 202 valence electrons. The van der Waals surface area contributed by atoms with Crippen LogP contribution >= 0.6 is 11.8 Å². The van der Waals surface area contributed by atoms with E-state index >= 15 is 0 Å². The maximum atomic E-state index is 13.2. The maximum absolute atomic E-state index is 13.2. The van der Waals surface area contributed by atoms with E-state index in [0.717, 1.165) is 5.56 Å². The Morgan fingerprint density at radius 1 is 1.03 bits per heavy atom. The highest BCUT2D eigenvalue weighted by Gasteiger charge is 2.33. The van der Waals surface area contributed by atoms with Crippen LogP contribution < -0.4 is 21.7 Å². The number of H-pyrrole nitrogens is 1. The molecule has 1 heterocycles. The Labute approximate surface area is 219 Å². The fourth-order valence-corrected chi connectivity index (χ4v) is 3.95. The number of aliphatic carboxylic acids is 1. The number of carbonyl (C=O) groups is 4. The first-order chi connectivity index (χ1) is 17.6. The van der Waals surface area contributed by atoms with Crippen molar-refractivity contribution < 1.29 is 29.4 Å². The minimum atomic E-state index is -1.46. The molecule has 2 aromatic rings. The van der Waals surface area contributed by atoms with Crippen LogP contribution in [-0.2, 0) is 32.0 Å². The third kappa shape index (κ3) is 9.86. The zero-order chi connectivity index (χ0) is 27.4. The van der Waals surface area contributed by atoms with E-state index in [2.05, 4.69) is 25.9 Å². The van der Waals surface area contributed by atoms with Gasteiger partial charge in [-0.05, 0) is 37.3 Å². The number of nitrogens with two attached hydrogens (primary N) is 1. The van der Waals surface area contributed by atoms with E-state index in [-0.39, 0.29) is 19.3 Å². The Bertz CT molecular complexity index is 1020. The number of carboxylic acids is 1. The van der Waals surface area contributed by atoms with Crippen molar-refractivity contribution in [2.45, 2.75) is 56.5 Å². The highest BCUT2D eigenvalue weighted by Crippen LogP contribution is 2.06. The molecule has 2 rings (SSSR count). The molecule has 0 saturated heterocycles. The summed E-state index contributed by atoms with van der Waals surface area (Å²) in [7, 11) is 0. The van der Waals surface area contributed by atoms with Gasteiger partial charge in [-0.1, -0.05) is 30.3 Å². The molecule has 0 aliphatic carbocycles. The first-order valence-electron chi connectivity index (χ1n) is 11.7. The lowest BCUT2D eigenvalue weighted by atomic mass is 10.0. The first kappa shape index (κ1) is 29.8. The molecule has 0 aliphatic rings. The zero-order valence-electron chi connectivity index (χ0n) is 20.7. The van der Waals surface area contributed by atoms with Crippen molar-refractivity contribution in [2.75, 3.05) is 12.0 Å². The van der Waals surface area contributed by atoms with Gasteiger partial charge in [-0.25, -0.2) is 9.78 Å². The lowest BCUT2D eigenvalue weighted by molar-refractivity contribution is -0.143. The molecule has 0 spiro atoms. The van der Waals surface area contributed by atoms with Gasteiger partial charge in [0.25, 0.3) is 0 Å². The van der Waals surface area contributed by atoms with Crippen molar-refractivity contribution >= 4 is 35.5 Å². The molecule has 0 saturated carbocycles. The minimum absolute atomic E-state index is 0.00918. The molecule has 0 radical (unpaired) electrons. The average molecular weight is 535 g/mol. The molecule has 12 nitrogen and oxygen atoms in total. The lowest BCUT2D eigenvalue weighted by Gasteiger charge is -2.26. The van der Waals surface area contributed by atoms with Crippen molar-refractivity contribution in [1.82, 2.24) is 25.9 Å². The molecule has 3 amide bonds. The Balaban J connectivity index is 2.13. The fourth-order valence-electron chi connectivity index (χ4n) is 3.48. The van der Waals surface area contributed by atoms with Gasteiger partial charge in [-0.2, -0.15) is 11.8 Å². The summed E-state index contributed by atoms with van der Waals surface area (Å²) in [5, 5.41) is 27.0. The molecule has 0 fully saturated rings. The number of nitrogens with one attached hydrogen (secondary N) is 4. The van der Waals surface area contributed by atoms with Crippen LogP contribution in [0.15, 0.2) is 42.9 Å². The van der Waals surface area contributed by atoms with Gasteiger partial charge in [-0.3, -0.25) is 14.4 Å². The minimum Gasteiger partial charge on any atom is -0.480 e. The molecular weight excluding hydrogens is 500 g/mol. The summed E-state index contributed by atoms with van der Waals surface area (Å²) >= 11 is 1.42. The standard InChI is InChI=1S/C24H34N6O6S/c1-14(31)20(23(34)28-18(24(35)36)8-9-37-2)30-22(33)19(11-16-12-26-13-27-16)29-21(32)17(25)10-15-6-4-3-5-7-15/h3-7,12-14,17-20,31H,8-11,25H2,1-2H3,(H,26,27)(H,28,34)(H,29,32)(H,30,33)(H,35,36). The Morgan fingerprint density at radius 3 is 2.27 bits per heavy atom. The van der Waals surface area contributed by atoms with Crippen LogP contribution in [0.2, 0.25) is 0 Å². The number of amides is 3. The monoisotopic (exact) mass is 534 g/mol. The number of imidazole rings is 1. The summed E-state index contributed by atoms with van der Waals surface area (Å²) in [5.41, 5.74) is 7.45. The molecule has 37 heavy (non-hydrogen) atoms. The van der Waals surface area contributed by atoms with E-state index in [0.29, 0.717) is 11.4 Å². The van der Waals surface area contributed by atoms with E-state index in [1.807, 2.05) is 30.3 Å². The van der Waals surface area contributed by atoms with Crippen molar-refractivity contribution in [3.8, 4) is 0 Å². The van der Waals surface area contributed by atoms with Gasteiger partial charge in [0.15, 0.2) is 0 Å². The summed E-state index contributed by atoms with van der Waals surface area (Å²) in [6.07, 6.45) is 3.78. The normalized spacial score (nSPS) is 15.0. The second kappa shape index (κ2) is 15.0. The van der Waals surface area contributed by atoms with E-state index in [9.17, 15) is 29.4 Å². The SMILES string of the molecule is CSCCC(NC(=O)C(NC(=O)C(Cc1cnc[nH]1)NC(=O)C(N)Cc1ccccc1)C(C)O)C(=O)O. The molecule has 1 aromatic heterocycles. The summed E-state index contributed by atoms with van der Waals surface area (Å²) in [4.78, 5) is 57.1. The van der Waals surface area contributed by atoms with Gasteiger partial charge in [-0.15, -0.1) is 0 Å². The summed E-state index contributed by atoms with van der Waals surface area (Å²) < 4.78 is 0. The van der Waals surface area contributed by atoms with Crippen LogP contribution in [0.5, 0.6) is 0 Å². The average Bonchev–Trinajstić information content (AvgIpc) is 3.37. The largest absolute Gasteiger partial charge is 0.480 e. The quantitative estimate of drug-likeness (QED) is 0.153. The number of aliphatic hydroxyl groups is 1. The third-order valence-corrected chi connectivity index (χ3v) is 6.18. The number of aromatic amines is 1. The lowest BCUT2D eigenvalue weighted by Crippen LogP contribution is -2.60. The Kier molecular flexibility index (Phi) is 12.1. The number of carbonyl (C=O) groups excluding carboxylic acids is 3. The van der Waals surface area contributed by atoms with Gasteiger partial charge >= 0.3 is 5.97 Å². The Morgan fingerprint density at radius 2 is 1.70 bits per heavy atom. The highest BCUT2D eigenvalue weighted by atomic mass is 32.2. The van der Waals surface area contributed by atoms with Crippen LogP contribution in [0.25, 0.3) is 0 Å². The van der Waals surface area contributed by atoms with Crippen molar-refractivity contribution in [3.05, 3.63) is 54.1 Å². The van der Waals surface area contributed by atoms with Crippen LogP contribution in [0.4, 0.5) is 0 Å². The topological polar surface area (TPSA) is 200 Å². The van der Waals surface area contributed by atoms with Crippen molar-refractivity contribution in [3.63, 3.8) is 0 Å². The van der Waals surface area contributed by atoms with Crippen molar-refractivity contribution in [2.24, 2.45) is 5.73 Å². The molecule has 13 heteroatoms. The van der Waals surface area contributed by atoms with Crippen molar-refractivity contribution in [1.29, 1.82) is 0 Å². The van der Waals surface area contributed by atoms with Crippen LogP contribution in [-0.4, -0.2) is 86.2 Å². The molecule has 8 N–H and O–H groups in total. The number of nitrogens with zero attached hydrogens (tertiary/aromatic N) is 1. The predicted molar refractivity (Wildman–Crippen MR) is 139 cm³/mol. The third-order valence-electron chi connectivity index (χ3n) is 5.53. The summed E-state index contributed by atoms with van der Waals surface area (Å²) in [6.45, 7) is 1.29. The van der Waals surface area contributed by atoms with Crippen LogP contribution in [0.3, 0.4) is 0 Å². The highest BCUT2D eigenvalue weighted by molar-refractivity contribution is 7.98. The number of aromatic nitrogens is 2. The first-order valence-corrected chi connectivity index (χ1v) is 13.1. The van der Waals surface area contributed by atoms with E-state index in [1.165, 1.54) is 31.2 Å². The second-order valence-electron chi connectivity index (χ2n) is 8.55. The summed E-state index contributed by atoms with van der Waals surface area (Å²) in [6, 6.07) is 4.42. The molecule has 5 atom stereocenters. The number of carboxylic acid groups (broad SMARTS) is 1. The number of aliphatic hydroxyl groups excluding tert-OH is 1. The van der Waals surface area contributed by atoms with Gasteiger partial charge in [0.2, 0.25) is 17.7 Å². The smallest absolute Gasteiger partial charge is 0.326 e. The number of hydrogen-bond acceptors (Lipinski definition) is 8. The molecule has 0 aliphatic heterocycles. The molecule has 5 unspecified atom stereocenters. The van der Waals surface area contributed by atoms with Crippen LogP contribution in [0.1, 0.15) is 24.6 Å². The van der Waals surface area contributed by atoms with Gasteiger partial charge in [0, 0.05) is 18.3 Å². The maximum Gasteiger partial charge on any atom is 0.326 e. The molecular formula is C24H34N6O6S. The fraction of sp³-hybridized carbons (Fsp3) is 0.458. The number of rotatable bonds is 15. The van der Waals surface area contributed by atoms with Gasteiger partial charge < -0.3 is 36.9 Å². The number of benzene rings is 1. The van der Waals surface area contributed by atoms with Gasteiger partial charge in [0.1, 0.15) is 18.1 Å². The predicted octanol–water partition coefficient (Wildman–Crippen LogP) is -0.805. The summed E-state index contributed by atoms with van der Waals surface area (Å²) in [5.74, 6) is -2.93. The van der Waals surface area contributed by atoms with E-state index in [1.54, 1.807) is 6.26 Å². The Hall–Kier alpha value is -3.42. The van der Waals surface area contributed by atoms with Crippen LogP contribution in [0, 0.1) is 0 Å². The van der Waals surface area contributed by atoms with E-state index in [4.69, 9.17) is 5.73 Å². The second-order valence-corrected chi connectivity index (χ2v) is 9.53. The molecule has 1 aromatic carbocycles. The number of hydrogen-bond donors (Lipinski definition) is 7. The van der Waals surface area contributed by atoms with Gasteiger partial charge in [0.05, 0.1) is 18.5 Å². The number of thioether (sulfide) groups is 1.